The first-order valence-corrected chi connectivity index (χ1v) is 10.0. The van der Waals surface area contributed by atoms with Gasteiger partial charge in [-0.1, -0.05) is 13.8 Å². The van der Waals surface area contributed by atoms with E-state index in [9.17, 15) is 17.6 Å². The summed E-state index contributed by atoms with van der Waals surface area (Å²) in [4.78, 5) is 15.7. The lowest BCUT2D eigenvalue weighted by molar-refractivity contribution is -0.139. The number of fused-ring (bicyclic) bond motifs is 2. The smallest absolute Gasteiger partial charge is 0.345 e. The lowest BCUT2D eigenvalue weighted by Gasteiger charge is -2.11. The molecule has 0 fully saturated rings. The summed E-state index contributed by atoms with van der Waals surface area (Å²) in [6.45, 7) is 3.81. The molecule has 0 atom stereocenters. The standard InChI is InChI=1S/C23H16F5N5/c1-11(2)20-22(13-4-6-16-21(19(13)25)31-10-30-16)33-9-17(29-8-18(33)32-20)12-3-5-15(24)14(7-12)23(26,27)28/h3-11H,1-2H3,(H,30,31). The molecule has 0 spiro atoms. The Labute approximate surface area is 184 Å². The molecule has 0 aliphatic rings. The van der Waals surface area contributed by atoms with Crippen LogP contribution in [0.5, 0.6) is 0 Å². The Morgan fingerprint density at radius 3 is 2.55 bits per heavy atom. The molecule has 0 unspecified atom stereocenters. The van der Waals surface area contributed by atoms with Gasteiger partial charge < -0.3 is 4.98 Å². The van der Waals surface area contributed by atoms with Crippen LogP contribution < -0.4 is 0 Å². The normalized spacial score (nSPS) is 12.4. The molecule has 0 saturated heterocycles. The SMILES string of the molecule is CC(C)c1nc2cnc(-c3ccc(F)c(C(F)(F)F)c3)cn2c1-c1ccc2[nH]cnc2c1F. The number of hydrogen-bond acceptors (Lipinski definition) is 3. The van der Waals surface area contributed by atoms with Crippen molar-refractivity contribution in [3.8, 4) is 22.5 Å². The number of halogens is 5. The number of imidazole rings is 2. The summed E-state index contributed by atoms with van der Waals surface area (Å²) in [5.74, 6) is -2.00. The number of alkyl halides is 3. The number of nitrogens with zero attached hydrogens (tertiary/aromatic N) is 4. The van der Waals surface area contributed by atoms with Crippen LogP contribution in [0.25, 0.3) is 39.2 Å². The molecular formula is C23H16F5N5. The largest absolute Gasteiger partial charge is 0.419 e. The van der Waals surface area contributed by atoms with E-state index in [-0.39, 0.29) is 28.3 Å². The van der Waals surface area contributed by atoms with Crippen molar-refractivity contribution in [1.29, 1.82) is 0 Å². The van der Waals surface area contributed by atoms with E-state index in [1.807, 2.05) is 13.8 Å². The zero-order valence-electron chi connectivity index (χ0n) is 17.4. The van der Waals surface area contributed by atoms with E-state index in [1.54, 1.807) is 16.5 Å². The van der Waals surface area contributed by atoms with Gasteiger partial charge in [-0.25, -0.2) is 18.7 Å². The Kier molecular flexibility index (Phi) is 4.70. The number of hydrogen-bond donors (Lipinski definition) is 1. The van der Waals surface area contributed by atoms with Gasteiger partial charge in [-0.05, 0) is 36.2 Å². The molecule has 0 radical (unpaired) electrons. The van der Waals surface area contributed by atoms with E-state index in [0.29, 0.717) is 28.6 Å². The highest BCUT2D eigenvalue weighted by atomic mass is 19.4. The van der Waals surface area contributed by atoms with Crippen LogP contribution in [0.2, 0.25) is 0 Å². The monoisotopic (exact) mass is 457 g/mol. The lowest BCUT2D eigenvalue weighted by Crippen LogP contribution is -2.08. The molecule has 0 saturated carbocycles. The summed E-state index contributed by atoms with van der Waals surface area (Å²) < 4.78 is 70.3. The van der Waals surface area contributed by atoms with Gasteiger partial charge in [-0.3, -0.25) is 9.38 Å². The van der Waals surface area contributed by atoms with E-state index in [2.05, 4.69) is 19.9 Å². The third kappa shape index (κ3) is 3.42. The fourth-order valence-corrected chi connectivity index (χ4v) is 3.85. The third-order valence-electron chi connectivity index (χ3n) is 5.44. The molecule has 2 aromatic carbocycles. The molecule has 3 aromatic heterocycles. The molecule has 10 heteroatoms. The van der Waals surface area contributed by atoms with Crippen LogP contribution in [-0.2, 0) is 6.18 Å². The second-order valence-electron chi connectivity index (χ2n) is 7.92. The Morgan fingerprint density at radius 2 is 1.82 bits per heavy atom. The predicted octanol–water partition coefficient (Wildman–Crippen LogP) is 6.36. The van der Waals surface area contributed by atoms with E-state index >= 15 is 4.39 Å². The van der Waals surface area contributed by atoms with Gasteiger partial charge >= 0.3 is 6.18 Å². The van der Waals surface area contributed by atoms with E-state index in [4.69, 9.17) is 0 Å². The molecule has 0 aliphatic heterocycles. The molecule has 33 heavy (non-hydrogen) atoms. The topological polar surface area (TPSA) is 58.9 Å². The minimum atomic E-state index is -4.85. The zero-order valence-corrected chi connectivity index (χ0v) is 17.4. The molecule has 3 heterocycles. The first-order chi connectivity index (χ1) is 15.6. The quantitative estimate of drug-likeness (QED) is 0.321. The van der Waals surface area contributed by atoms with Gasteiger partial charge in [0, 0.05) is 17.3 Å². The van der Waals surface area contributed by atoms with Gasteiger partial charge in [0.2, 0.25) is 0 Å². The second-order valence-corrected chi connectivity index (χ2v) is 7.92. The van der Waals surface area contributed by atoms with Crippen LogP contribution in [0, 0.1) is 11.6 Å². The minimum absolute atomic E-state index is 0.0691. The van der Waals surface area contributed by atoms with Gasteiger partial charge in [-0.15, -0.1) is 0 Å². The first kappa shape index (κ1) is 21.0. The predicted molar refractivity (Wildman–Crippen MR) is 113 cm³/mol. The van der Waals surface area contributed by atoms with E-state index < -0.39 is 23.4 Å². The van der Waals surface area contributed by atoms with Crippen molar-refractivity contribution in [3.63, 3.8) is 0 Å². The molecule has 5 nitrogen and oxygen atoms in total. The maximum Gasteiger partial charge on any atom is 0.419 e. The van der Waals surface area contributed by atoms with Crippen molar-refractivity contribution in [2.75, 3.05) is 0 Å². The molecule has 0 bridgehead atoms. The van der Waals surface area contributed by atoms with Crippen molar-refractivity contribution in [2.45, 2.75) is 25.9 Å². The van der Waals surface area contributed by atoms with E-state index in [1.165, 1.54) is 24.8 Å². The van der Waals surface area contributed by atoms with Gasteiger partial charge in [0.25, 0.3) is 0 Å². The van der Waals surface area contributed by atoms with Gasteiger partial charge in [0.15, 0.2) is 11.5 Å². The van der Waals surface area contributed by atoms with Crippen molar-refractivity contribution in [2.24, 2.45) is 0 Å². The van der Waals surface area contributed by atoms with Crippen molar-refractivity contribution in [1.82, 2.24) is 24.3 Å². The van der Waals surface area contributed by atoms with Crippen molar-refractivity contribution < 1.29 is 22.0 Å². The van der Waals surface area contributed by atoms with Crippen LogP contribution in [0.15, 0.2) is 49.1 Å². The van der Waals surface area contributed by atoms with Crippen LogP contribution in [-0.4, -0.2) is 24.3 Å². The third-order valence-corrected chi connectivity index (χ3v) is 5.44. The zero-order chi connectivity index (χ0) is 23.5. The summed E-state index contributed by atoms with van der Waals surface area (Å²) in [6.07, 6.45) is -0.584. The van der Waals surface area contributed by atoms with Gasteiger partial charge in [0.05, 0.1) is 40.7 Å². The average Bonchev–Trinajstić information content (AvgIpc) is 3.38. The number of aromatic nitrogens is 5. The summed E-state index contributed by atoms with van der Waals surface area (Å²) in [5, 5.41) is 0. The fraction of sp³-hybridized carbons (Fsp3) is 0.174. The summed E-state index contributed by atoms with van der Waals surface area (Å²) in [7, 11) is 0. The average molecular weight is 457 g/mol. The van der Waals surface area contributed by atoms with Crippen LogP contribution >= 0.6 is 0 Å². The number of aromatic amines is 1. The number of H-pyrrole nitrogens is 1. The van der Waals surface area contributed by atoms with Gasteiger partial charge in [0.1, 0.15) is 11.3 Å². The molecule has 168 valence electrons. The van der Waals surface area contributed by atoms with E-state index in [0.717, 1.165) is 6.07 Å². The molecule has 1 N–H and O–H groups in total. The van der Waals surface area contributed by atoms with Crippen LogP contribution in [0.1, 0.15) is 31.0 Å². The highest BCUT2D eigenvalue weighted by molar-refractivity contribution is 5.83. The lowest BCUT2D eigenvalue weighted by atomic mass is 10.0. The molecule has 0 amide bonds. The summed E-state index contributed by atoms with van der Waals surface area (Å²) >= 11 is 0. The Morgan fingerprint density at radius 1 is 1.03 bits per heavy atom. The van der Waals surface area contributed by atoms with Crippen molar-refractivity contribution >= 4 is 16.7 Å². The number of nitrogens with one attached hydrogen (secondary N) is 1. The van der Waals surface area contributed by atoms with Crippen molar-refractivity contribution in [3.05, 3.63) is 71.9 Å². The summed E-state index contributed by atoms with van der Waals surface area (Å²) in [6, 6.07) is 5.98. The Hall–Kier alpha value is -3.82. The second kappa shape index (κ2) is 7.36. The molecule has 5 rings (SSSR count). The molecular weight excluding hydrogens is 441 g/mol. The minimum Gasteiger partial charge on any atom is -0.345 e. The Bertz CT molecular complexity index is 1510. The highest BCUT2D eigenvalue weighted by Crippen LogP contribution is 2.36. The van der Waals surface area contributed by atoms with Crippen LogP contribution in [0.4, 0.5) is 22.0 Å². The highest BCUT2D eigenvalue weighted by Gasteiger charge is 2.34. The summed E-state index contributed by atoms with van der Waals surface area (Å²) in [5.41, 5.74) is 1.23. The molecule has 0 aliphatic carbocycles. The maximum absolute atomic E-state index is 15.4. The van der Waals surface area contributed by atoms with Crippen LogP contribution in [0.3, 0.4) is 0 Å². The molecule has 5 aromatic rings. The first-order valence-electron chi connectivity index (χ1n) is 10.0. The number of rotatable bonds is 3. The Balaban J connectivity index is 1.76. The fourth-order valence-electron chi connectivity index (χ4n) is 3.85. The van der Waals surface area contributed by atoms with Gasteiger partial charge in [-0.2, -0.15) is 13.2 Å². The number of benzene rings is 2. The maximum atomic E-state index is 15.4.